The summed E-state index contributed by atoms with van der Waals surface area (Å²) in [6, 6.07) is 8.29. The molecule has 0 spiro atoms. The minimum absolute atomic E-state index is 0.212. The van der Waals surface area contributed by atoms with Crippen molar-refractivity contribution in [2.24, 2.45) is 11.8 Å². The van der Waals surface area contributed by atoms with E-state index in [1.54, 1.807) is 5.56 Å². The van der Waals surface area contributed by atoms with Crippen LogP contribution in [0.3, 0.4) is 0 Å². The number of hydrogen-bond donors (Lipinski definition) is 0. The summed E-state index contributed by atoms with van der Waals surface area (Å²) in [5.74, 6) is 3.00. The van der Waals surface area contributed by atoms with Gasteiger partial charge in [-0.15, -0.1) is 0 Å². The molecule has 0 saturated heterocycles. The van der Waals surface area contributed by atoms with Crippen LogP contribution in [0.4, 0.5) is 0 Å². The van der Waals surface area contributed by atoms with Gasteiger partial charge in [-0.3, -0.25) is 9.59 Å². The van der Waals surface area contributed by atoms with Gasteiger partial charge in [0.05, 0.1) is 14.7 Å². The fraction of sp³-hybridized carbons (Fsp3) is 0.500. The Hall–Kier alpha value is -2.20. The summed E-state index contributed by atoms with van der Waals surface area (Å²) in [6.45, 7) is 9.10. The topological polar surface area (TPSA) is 43.4 Å². The Balaban J connectivity index is 1.59. The number of carbonyl (C=O) groups is 2. The van der Waals surface area contributed by atoms with Crippen LogP contribution in [0.25, 0.3) is 11.1 Å². The van der Waals surface area contributed by atoms with Gasteiger partial charge in [0.15, 0.2) is 5.78 Å². The van der Waals surface area contributed by atoms with Crippen LogP contribution in [0.5, 0.6) is 0 Å². The van der Waals surface area contributed by atoms with Crippen LogP contribution in [-0.2, 0) is 16.0 Å². The zero-order valence-corrected chi connectivity index (χ0v) is 20.6. The van der Waals surface area contributed by atoms with Gasteiger partial charge in [-0.1, -0.05) is 43.9 Å². The average molecular weight is 445 g/mol. The van der Waals surface area contributed by atoms with Gasteiger partial charge >= 0.3 is 5.97 Å². The van der Waals surface area contributed by atoms with Crippen molar-refractivity contribution >= 4 is 25.0 Å². The Labute approximate surface area is 191 Å². The molecule has 2 aromatic carbocycles. The van der Waals surface area contributed by atoms with E-state index in [0.717, 1.165) is 35.8 Å². The minimum Gasteiger partial charge on any atom is -0.466 e. The molecule has 0 radical (unpaired) electrons. The van der Waals surface area contributed by atoms with Crippen molar-refractivity contribution < 1.29 is 14.3 Å². The van der Waals surface area contributed by atoms with E-state index < -0.39 is 8.07 Å². The van der Waals surface area contributed by atoms with Gasteiger partial charge in [-0.25, -0.2) is 0 Å². The number of hydrogen-bond acceptors (Lipinski definition) is 3. The molecule has 6 rings (SSSR count). The Kier molecular flexibility index (Phi) is 4.40. The van der Waals surface area contributed by atoms with Crippen LogP contribution in [-0.4, -0.2) is 26.4 Å². The van der Waals surface area contributed by atoms with E-state index in [1.807, 2.05) is 12.1 Å². The van der Waals surface area contributed by atoms with Crippen LogP contribution in [0.2, 0.25) is 19.6 Å². The van der Waals surface area contributed by atoms with E-state index in [9.17, 15) is 9.59 Å². The quantitative estimate of drug-likeness (QED) is 0.294. The summed E-state index contributed by atoms with van der Waals surface area (Å²) in [5.41, 5.74) is 9.00. The molecule has 0 amide bonds. The maximum absolute atomic E-state index is 13.8. The third kappa shape index (κ3) is 2.65. The number of esters is 1. The highest BCUT2D eigenvalue weighted by Gasteiger charge is 2.59. The van der Waals surface area contributed by atoms with Crippen molar-refractivity contribution in [3.8, 4) is 11.1 Å². The summed E-state index contributed by atoms with van der Waals surface area (Å²) < 4.78 is 5.28. The van der Waals surface area contributed by atoms with Gasteiger partial charge in [-0.2, -0.15) is 0 Å². The molecular weight excluding hydrogens is 412 g/mol. The Morgan fingerprint density at radius 3 is 2.31 bits per heavy atom. The molecule has 4 heteroatoms. The summed E-state index contributed by atoms with van der Waals surface area (Å²) in [7, 11) is -1.81. The number of fused-ring (bicyclic) bond motifs is 12. The van der Waals surface area contributed by atoms with E-state index in [1.165, 1.54) is 53.6 Å². The smallest absolute Gasteiger partial charge is 0.302 e. The van der Waals surface area contributed by atoms with Crippen LogP contribution in [0.15, 0.2) is 24.3 Å². The lowest BCUT2D eigenvalue weighted by Crippen LogP contribution is -2.47. The second-order valence-electron chi connectivity index (χ2n) is 11.4. The van der Waals surface area contributed by atoms with Crippen molar-refractivity contribution in [1.29, 1.82) is 0 Å². The van der Waals surface area contributed by atoms with Crippen LogP contribution < -0.4 is 5.19 Å². The van der Waals surface area contributed by atoms with Crippen LogP contribution in [0, 0.1) is 11.8 Å². The normalized spacial score (nSPS) is 26.3. The van der Waals surface area contributed by atoms with E-state index in [2.05, 4.69) is 31.8 Å². The predicted octanol–water partition coefficient (Wildman–Crippen LogP) is 5.55. The predicted molar refractivity (Wildman–Crippen MR) is 130 cm³/mol. The Morgan fingerprint density at radius 1 is 1.00 bits per heavy atom. The second kappa shape index (κ2) is 6.90. The molecule has 166 valence electrons. The zero-order valence-electron chi connectivity index (χ0n) is 19.6. The van der Waals surface area contributed by atoms with E-state index >= 15 is 0 Å². The molecule has 0 aromatic heterocycles. The standard InChI is InChI=1S/C28H32O3Si/c1-15(29)31-13-7-10-20-24-21-16-11-12-17(14-16)22(21)25(24)23-18-8-5-6-9-19(18)27(30)26(23)28(20)32(2,3)4/h5-6,8-9,16-17,21-22H,7,10-14H2,1-4H3. The maximum Gasteiger partial charge on any atom is 0.302 e. The van der Waals surface area contributed by atoms with Crippen molar-refractivity contribution in [3.63, 3.8) is 0 Å². The first kappa shape index (κ1) is 20.4. The van der Waals surface area contributed by atoms with Crippen LogP contribution >= 0.6 is 0 Å². The first-order valence-corrected chi connectivity index (χ1v) is 15.8. The lowest BCUT2D eigenvalue weighted by Gasteiger charge is -2.47. The van der Waals surface area contributed by atoms with Crippen LogP contribution in [0.1, 0.15) is 77.1 Å². The molecule has 0 aliphatic heterocycles. The maximum atomic E-state index is 13.8. The highest BCUT2D eigenvalue weighted by molar-refractivity contribution is 6.90. The number of ether oxygens (including phenoxy) is 1. The van der Waals surface area contributed by atoms with Crippen molar-refractivity contribution in [2.75, 3.05) is 6.61 Å². The van der Waals surface area contributed by atoms with Gasteiger partial charge in [-0.05, 0) is 88.8 Å². The molecule has 2 aromatic rings. The lowest BCUT2D eigenvalue weighted by atomic mass is 9.58. The third-order valence-corrected chi connectivity index (χ3v) is 10.6. The molecule has 2 fully saturated rings. The zero-order chi connectivity index (χ0) is 22.4. The number of rotatable bonds is 5. The Bertz CT molecular complexity index is 1170. The molecule has 4 atom stereocenters. The fourth-order valence-electron chi connectivity index (χ4n) is 7.69. The molecule has 2 saturated carbocycles. The molecular formula is C28H32O3Si. The van der Waals surface area contributed by atoms with Gasteiger partial charge in [0, 0.05) is 18.1 Å². The van der Waals surface area contributed by atoms with Crippen molar-refractivity contribution in [2.45, 2.75) is 70.5 Å². The highest BCUT2D eigenvalue weighted by atomic mass is 28.3. The van der Waals surface area contributed by atoms with Gasteiger partial charge in [0.25, 0.3) is 0 Å². The largest absolute Gasteiger partial charge is 0.466 e. The number of benzene rings is 2. The van der Waals surface area contributed by atoms with Gasteiger partial charge in [0.2, 0.25) is 0 Å². The molecule has 0 N–H and O–H groups in total. The SMILES string of the molecule is CC(=O)OCCCc1c2c(c3c(c1[Si](C)(C)C)C(=O)c1ccccc1-3)C1C3CCC(C3)C21. The van der Waals surface area contributed by atoms with Crippen molar-refractivity contribution in [1.82, 2.24) is 0 Å². The molecule has 4 aliphatic carbocycles. The number of ketones is 1. The summed E-state index contributed by atoms with van der Waals surface area (Å²) in [4.78, 5) is 25.1. The van der Waals surface area contributed by atoms with Gasteiger partial charge < -0.3 is 4.74 Å². The Morgan fingerprint density at radius 2 is 1.66 bits per heavy atom. The average Bonchev–Trinajstić information content (AvgIpc) is 3.37. The molecule has 4 unspecified atom stereocenters. The van der Waals surface area contributed by atoms with Crippen molar-refractivity contribution in [3.05, 3.63) is 52.1 Å². The summed E-state index contributed by atoms with van der Waals surface area (Å²) in [5, 5.41) is 1.39. The third-order valence-electron chi connectivity index (χ3n) is 8.56. The molecule has 4 aliphatic rings. The van der Waals surface area contributed by atoms with E-state index in [4.69, 9.17) is 4.74 Å². The first-order chi connectivity index (χ1) is 15.3. The number of carbonyl (C=O) groups excluding carboxylic acids is 2. The minimum atomic E-state index is -1.81. The first-order valence-electron chi connectivity index (χ1n) is 12.3. The lowest BCUT2D eigenvalue weighted by molar-refractivity contribution is -0.141. The molecule has 3 nitrogen and oxygen atoms in total. The van der Waals surface area contributed by atoms with Gasteiger partial charge in [0.1, 0.15) is 0 Å². The summed E-state index contributed by atoms with van der Waals surface area (Å²) in [6.07, 6.45) is 5.82. The second-order valence-corrected chi connectivity index (χ2v) is 16.4. The van der Waals surface area contributed by atoms with E-state index in [0.29, 0.717) is 18.4 Å². The van der Waals surface area contributed by atoms with E-state index in [-0.39, 0.29) is 11.8 Å². The monoisotopic (exact) mass is 444 g/mol. The highest BCUT2D eigenvalue weighted by Crippen LogP contribution is 2.70. The molecule has 2 bridgehead atoms. The fourth-order valence-corrected chi connectivity index (χ4v) is 9.84. The molecule has 0 heterocycles. The molecule has 32 heavy (non-hydrogen) atoms. The summed E-state index contributed by atoms with van der Waals surface area (Å²) >= 11 is 0.